The summed E-state index contributed by atoms with van der Waals surface area (Å²) in [4.78, 5) is 31.5. The van der Waals surface area contributed by atoms with Crippen LogP contribution in [0.15, 0.2) is 106 Å². The number of benzene rings is 4. The number of methoxy groups -OCH3 is 1. The molecule has 1 atom stereocenters. The first-order valence-electron chi connectivity index (χ1n) is 14.3. The van der Waals surface area contributed by atoms with Crippen molar-refractivity contribution in [3.8, 4) is 11.5 Å². The highest BCUT2D eigenvalue weighted by molar-refractivity contribution is 7.07. The second kappa shape index (κ2) is 11.8. The van der Waals surface area contributed by atoms with E-state index in [1.54, 1.807) is 4.57 Å². The van der Waals surface area contributed by atoms with E-state index in [1.165, 1.54) is 42.2 Å². The zero-order valence-electron chi connectivity index (χ0n) is 24.1. The van der Waals surface area contributed by atoms with Gasteiger partial charge < -0.3 is 9.47 Å². The molecular formula is C35H26ClN3O5S. The maximum absolute atomic E-state index is 14.2. The fourth-order valence-corrected chi connectivity index (χ4v) is 7.21. The number of fused-ring (bicyclic) bond motifs is 3. The summed E-state index contributed by atoms with van der Waals surface area (Å²) in [6, 6.07) is 27.6. The molecule has 2 heterocycles. The molecule has 7 rings (SSSR count). The van der Waals surface area contributed by atoms with E-state index in [0.29, 0.717) is 20.1 Å². The van der Waals surface area contributed by atoms with E-state index in [9.17, 15) is 14.9 Å². The van der Waals surface area contributed by atoms with Crippen LogP contribution in [0.3, 0.4) is 0 Å². The van der Waals surface area contributed by atoms with Crippen LogP contribution in [0, 0.1) is 10.1 Å². The summed E-state index contributed by atoms with van der Waals surface area (Å²) in [7, 11) is 1.47. The van der Waals surface area contributed by atoms with Crippen LogP contribution in [0.1, 0.15) is 40.3 Å². The summed E-state index contributed by atoms with van der Waals surface area (Å²) in [5, 5.41) is 12.8. The smallest absolute Gasteiger partial charge is 0.280 e. The van der Waals surface area contributed by atoms with Gasteiger partial charge in [-0.15, -0.1) is 0 Å². The first kappa shape index (κ1) is 28.8. The van der Waals surface area contributed by atoms with Gasteiger partial charge in [-0.3, -0.25) is 19.5 Å². The van der Waals surface area contributed by atoms with Crippen molar-refractivity contribution in [2.24, 2.45) is 4.99 Å². The number of aryl methyl sites for hydroxylation is 1. The fraction of sp³-hybridized carbons (Fsp3) is 0.143. The number of aromatic nitrogens is 1. The normalized spacial score (nSPS) is 15.5. The lowest BCUT2D eigenvalue weighted by Crippen LogP contribution is -2.38. The highest BCUT2D eigenvalue weighted by atomic mass is 35.5. The van der Waals surface area contributed by atoms with Crippen molar-refractivity contribution in [1.29, 1.82) is 0 Å². The largest absolute Gasteiger partial charge is 0.493 e. The van der Waals surface area contributed by atoms with E-state index in [2.05, 4.69) is 12.1 Å². The van der Waals surface area contributed by atoms with E-state index in [1.807, 2.05) is 66.7 Å². The van der Waals surface area contributed by atoms with Crippen LogP contribution in [-0.4, -0.2) is 16.6 Å². The molecule has 0 saturated carbocycles. The van der Waals surface area contributed by atoms with Crippen molar-refractivity contribution in [3.05, 3.63) is 159 Å². The molecule has 0 spiro atoms. The fourth-order valence-electron chi connectivity index (χ4n) is 5.98. The van der Waals surface area contributed by atoms with Gasteiger partial charge in [-0.2, -0.15) is 0 Å². The topological polar surface area (TPSA) is 96.0 Å². The van der Waals surface area contributed by atoms with Gasteiger partial charge in [-0.25, -0.2) is 4.99 Å². The second-order valence-electron chi connectivity index (χ2n) is 10.7. The van der Waals surface area contributed by atoms with Crippen LogP contribution in [0.4, 0.5) is 5.69 Å². The van der Waals surface area contributed by atoms with Gasteiger partial charge in [0.05, 0.1) is 39.9 Å². The highest BCUT2D eigenvalue weighted by Crippen LogP contribution is 2.43. The van der Waals surface area contributed by atoms with Gasteiger partial charge in [0.2, 0.25) is 0 Å². The Hall–Kier alpha value is -4.99. The minimum atomic E-state index is -0.486. The molecule has 0 fully saturated rings. The average molecular weight is 636 g/mol. The van der Waals surface area contributed by atoms with Crippen LogP contribution in [-0.2, 0) is 13.0 Å². The minimum absolute atomic E-state index is 0.208. The van der Waals surface area contributed by atoms with Crippen LogP contribution in [0.2, 0.25) is 5.02 Å². The summed E-state index contributed by atoms with van der Waals surface area (Å²) in [6.45, 7) is 0.210. The predicted octanol–water partition coefficient (Wildman–Crippen LogP) is 6.47. The molecule has 0 bridgehead atoms. The lowest BCUT2D eigenvalue weighted by Gasteiger charge is -2.31. The molecule has 45 heavy (non-hydrogen) atoms. The van der Waals surface area contributed by atoms with Crippen molar-refractivity contribution in [1.82, 2.24) is 4.57 Å². The Labute approximate surface area is 266 Å². The van der Waals surface area contributed by atoms with Gasteiger partial charge in [-0.1, -0.05) is 95.7 Å². The van der Waals surface area contributed by atoms with Gasteiger partial charge in [0, 0.05) is 10.6 Å². The Bertz CT molecular complexity index is 2190. The highest BCUT2D eigenvalue weighted by Gasteiger charge is 2.33. The average Bonchev–Trinajstić information content (AvgIpc) is 3.37. The van der Waals surface area contributed by atoms with E-state index >= 15 is 0 Å². The molecule has 1 aliphatic heterocycles. The first-order chi connectivity index (χ1) is 21.9. The number of allylic oxidation sites excluding steroid dienone is 1. The summed E-state index contributed by atoms with van der Waals surface area (Å²) in [5.41, 5.74) is 5.54. The van der Waals surface area contributed by atoms with Crippen molar-refractivity contribution in [2.45, 2.75) is 25.5 Å². The summed E-state index contributed by atoms with van der Waals surface area (Å²) in [6.07, 6.45) is 3.08. The number of hydrogen-bond acceptors (Lipinski definition) is 7. The molecule has 1 aliphatic carbocycles. The molecule has 224 valence electrons. The van der Waals surface area contributed by atoms with Gasteiger partial charge in [-0.05, 0) is 53.3 Å². The summed E-state index contributed by atoms with van der Waals surface area (Å²) < 4.78 is 13.5. The third kappa shape index (κ3) is 5.24. The van der Waals surface area contributed by atoms with Crippen molar-refractivity contribution in [2.75, 3.05) is 7.11 Å². The number of hydrogen-bond donors (Lipinski definition) is 0. The molecule has 1 unspecified atom stereocenters. The van der Waals surface area contributed by atoms with Crippen LogP contribution >= 0.6 is 22.9 Å². The van der Waals surface area contributed by atoms with Crippen molar-refractivity contribution in [3.63, 3.8) is 0 Å². The van der Waals surface area contributed by atoms with Gasteiger partial charge >= 0.3 is 0 Å². The zero-order valence-corrected chi connectivity index (χ0v) is 25.7. The first-order valence-corrected chi connectivity index (χ1v) is 15.5. The molecule has 8 nitrogen and oxygen atoms in total. The number of rotatable bonds is 7. The summed E-state index contributed by atoms with van der Waals surface area (Å²) >= 11 is 7.93. The second-order valence-corrected chi connectivity index (χ2v) is 12.1. The lowest BCUT2D eigenvalue weighted by molar-refractivity contribution is -0.385. The predicted molar refractivity (Wildman–Crippen MR) is 175 cm³/mol. The molecule has 0 saturated heterocycles. The Morgan fingerprint density at radius 2 is 1.78 bits per heavy atom. The Kier molecular flexibility index (Phi) is 7.56. The number of nitrogens with zero attached hydrogens (tertiary/aromatic N) is 3. The molecule has 10 heteroatoms. The third-order valence-electron chi connectivity index (χ3n) is 8.11. The number of halogens is 1. The minimum Gasteiger partial charge on any atom is -0.493 e. The lowest BCUT2D eigenvalue weighted by atomic mass is 9.83. The molecule has 4 aromatic carbocycles. The van der Waals surface area contributed by atoms with Crippen molar-refractivity contribution < 1.29 is 14.4 Å². The molecule has 1 aromatic heterocycles. The van der Waals surface area contributed by atoms with Crippen molar-refractivity contribution >= 4 is 40.4 Å². The molecule has 2 aliphatic rings. The number of nitro groups is 1. The molecule has 5 aromatic rings. The molecule has 0 N–H and O–H groups in total. The number of nitro benzene ring substituents is 1. The third-order valence-corrected chi connectivity index (χ3v) is 9.43. The van der Waals surface area contributed by atoms with E-state index in [-0.39, 0.29) is 29.2 Å². The Morgan fingerprint density at radius 3 is 2.56 bits per heavy atom. The van der Waals surface area contributed by atoms with E-state index in [4.69, 9.17) is 26.1 Å². The Morgan fingerprint density at radius 1 is 1.02 bits per heavy atom. The van der Waals surface area contributed by atoms with E-state index < -0.39 is 11.0 Å². The zero-order chi connectivity index (χ0) is 31.1. The quantitative estimate of drug-likeness (QED) is 0.151. The van der Waals surface area contributed by atoms with Crippen LogP contribution in [0.5, 0.6) is 11.5 Å². The van der Waals surface area contributed by atoms with Gasteiger partial charge in [0.15, 0.2) is 16.3 Å². The standard InChI is InChI=1S/C35H26ClN3O5S/c1-43-29-17-23(28(39(41)42)19-30(29)44-20-21-9-3-2-4-10-21)18-31-34(40)38-33(25-13-7-8-14-27(25)36)26-16-15-22-11-5-6-12-24(22)32(26)37-35(38)45-31/h2-14,17-19,33H,15-16,20H2,1H3. The van der Waals surface area contributed by atoms with Gasteiger partial charge in [0.25, 0.3) is 11.2 Å². The van der Waals surface area contributed by atoms with Gasteiger partial charge in [0.1, 0.15) is 6.61 Å². The maximum atomic E-state index is 14.2. The molecular weight excluding hydrogens is 610 g/mol. The Balaban J connectivity index is 1.39. The molecule has 0 amide bonds. The number of thiazole rings is 1. The summed E-state index contributed by atoms with van der Waals surface area (Å²) in [5.74, 6) is 0.549. The maximum Gasteiger partial charge on any atom is 0.280 e. The number of ether oxygens (including phenoxy) is 2. The SMILES string of the molecule is COc1cc(C=c2sc3n(c2=O)C(c2ccccc2Cl)C2=C(N=3)c3ccccc3CC2)c([N+](=O)[O-])cc1OCc1ccccc1. The molecule has 0 radical (unpaired) electrons. The van der Waals surface area contributed by atoms with Crippen LogP contribution < -0.4 is 24.4 Å². The van der Waals surface area contributed by atoms with E-state index in [0.717, 1.165) is 40.8 Å². The monoisotopic (exact) mass is 635 g/mol. The van der Waals surface area contributed by atoms with Crippen LogP contribution in [0.25, 0.3) is 11.8 Å².